The quantitative estimate of drug-likeness (QED) is 0.642. The molecule has 0 bridgehead atoms. The monoisotopic (exact) mass is 327 g/mol. The maximum absolute atomic E-state index is 11.8. The number of hydrogen-bond acceptors (Lipinski definition) is 6. The van der Waals surface area contributed by atoms with E-state index in [-0.39, 0.29) is 30.5 Å². The molecule has 0 aliphatic carbocycles. The number of anilines is 1. The SMILES string of the molecule is CC(C)(C)OC(=O)NC1CCN(c2cnccc2C(=O)[O-])CC1.[Li+]. The Labute approximate surface area is 153 Å². The average Bonchev–Trinajstić information content (AvgIpc) is 2.46. The van der Waals surface area contributed by atoms with E-state index in [1.54, 1.807) is 0 Å². The number of aromatic carboxylic acids is 1. The van der Waals surface area contributed by atoms with E-state index >= 15 is 0 Å². The molecule has 0 atom stereocenters. The zero-order valence-electron chi connectivity index (χ0n) is 14.7. The van der Waals surface area contributed by atoms with Crippen LogP contribution < -0.4 is 34.2 Å². The second kappa shape index (κ2) is 8.40. The number of alkyl carbamates (subject to hydrolysis) is 1. The van der Waals surface area contributed by atoms with Crippen LogP contribution in [0.3, 0.4) is 0 Å². The van der Waals surface area contributed by atoms with Crippen LogP contribution in [-0.4, -0.2) is 41.8 Å². The third-order valence-corrected chi connectivity index (χ3v) is 3.58. The molecule has 1 aromatic heterocycles. The molecule has 8 heteroatoms. The number of nitrogens with one attached hydrogen (secondary N) is 1. The van der Waals surface area contributed by atoms with Gasteiger partial charge in [0.25, 0.3) is 0 Å². The van der Waals surface area contributed by atoms with E-state index in [0.717, 1.165) is 0 Å². The van der Waals surface area contributed by atoms with E-state index in [1.807, 2.05) is 25.7 Å². The summed E-state index contributed by atoms with van der Waals surface area (Å²) in [5, 5.41) is 14.0. The van der Waals surface area contributed by atoms with Crippen molar-refractivity contribution in [1.82, 2.24) is 10.3 Å². The molecule has 1 aliphatic rings. The predicted molar refractivity (Wildman–Crippen MR) is 83.2 cm³/mol. The molecule has 2 heterocycles. The van der Waals surface area contributed by atoms with Crippen LogP contribution in [0.15, 0.2) is 18.5 Å². The Balaban J connectivity index is 0.00000288. The van der Waals surface area contributed by atoms with Crippen molar-refractivity contribution < 1.29 is 38.3 Å². The van der Waals surface area contributed by atoms with Gasteiger partial charge in [0.2, 0.25) is 0 Å². The summed E-state index contributed by atoms with van der Waals surface area (Å²) in [5.41, 5.74) is 0.172. The molecule has 1 aromatic rings. The molecule has 2 rings (SSSR count). The molecule has 1 fully saturated rings. The zero-order valence-corrected chi connectivity index (χ0v) is 14.7. The van der Waals surface area contributed by atoms with Gasteiger partial charge in [0.1, 0.15) is 5.60 Å². The van der Waals surface area contributed by atoms with Crippen molar-refractivity contribution in [3.05, 3.63) is 24.0 Å². The van der Waals surface area contributed by atoms with Gasteiger partial charge in [-0.15, -0.1) is 0 Å². The van der Waals surface area contributed by atoms with Crippen molar-refractivity contribution in [3.63, 3.8) is 0 Å². The number of ether oxygens (including phenoxy) is 1. The first-order valence-corrected chi connectivity index (χ1v) is 7.66. The number of amides is 1. The Morgan fingerprint density at radius 3 is 2.50 bits per heavy atom. The topological polar surface area (TPSA) is 94.6 Å². The van der Waals surface area contributed by atoms with Crippen molar-refractivity contribution in [2.45, 2.75) is 45.3 Å². The number of carboxylic acid groups (broad SMARTS) is 1. The number of nitrogens with zero attached hydrogens (tertiary/aromatic N) is 2. The Kier molecular flexibility index (Phi) is 7.12. The van der Waals surface area contributed by atoms with Gasteiger partial charge in [-0.2, -0.15) is 0 Å². The summed E-state index contributed by atoms with van der Waals surface area (Å²) >= 11 is 0. The summed E-state index contributed by atoms with van der Waals surface area (Å²) in [5.74, 6) is -1.21. The van der Waals surface area contributed by atoms with Gasteiger partial charge in [0.15, 0.2) is 0 Å². The number of rotatable bonds is 3. The van der Waals surface area contributed by atoms with Gasteiger partial charge in [-0.3, -0.25) is 4.98 Å². The molecule has 0 radical (unpaired) electrons. The third-order valence-electron chi connectivity index (χ3n) is 3.58. The molecular formula is C16H22LiN3O4. The molecule has 0 unspecified atom stereocenters. The van der Waals surface area contributed by atoms with Gasteiger partial charge in [0, 0.05) is 30.9 Å². The van der Waals surface area contributed by atoms with E-state index in [0.29, 0.717) is 31.6 Å². The van der Waals surface area contributed by atoms with Gasteiger partial charge in [-0.25, -0.2) is 4.79 Å². The molecule has 24 heavy (non-hydrogen) atoms. The Bertz CT molecular complexity index is 581. The predicted octanol–water partition coefficient (Wildman–Crippen LogP) is -2.06. The van der Waals surface area contributed by atoms with Crippen molar-refractivity contribution in [3.8, 4) is 0 Å². The van der Waals surface area contributed by atoms with Gasteiger partial charge in [0.05, 0.1) is 17.9 Å². The van der Waals surface area contributed by atoms with Gasteiger partial charge in [-0.05, 0) is 39.7 Å². The summed E-state index contributed by atoms with van der Waals surface area (Å²) < 4.78 is 5.24. The Morgan fingerprint density at radius 1 is 1.33 bits per heavy atom. The van der Waals surface area contributed by atoms with Gasteiger partial charge >= 0.3 is 25.0 Å². The molecule has 1 N–H and O–H groups in total. The fraction of sp³-hybridized carbons (Fsp3) is 0.562. The fourth-order valence-electron chi connectivity index (χ4n) is 2.55. The van der Waals surface area contributed by atoms with Crippen LogP contribution in [0.5, 0.6) is 0 Å². The van der Waals surface area contributed by atoms with Crippen molar-refractivity contribution in [2.75, 3.05) is 18.0 Å². The van der Waals surface area contributed by atoms with E-state index in [2.05, 4.69) is 10.3 Å². The molecule has 1 saturated heterocycles. The summed E-state index contributed by atoms with van der Waals surface area (Å²) in [7, 11) is 0. The molecule has 1 aliphatic heterocycles. The number of pyridine rings is 1. The maximum Gasteiger partial charge on any atom is 1.00 e. The first-order valence-electron chi connectivity index (χ1n) is 7.66. The minimum Gasteiger partial charge on any atom is -0.545 e. The Morgan fingerprint density at radius 2 is 1.96 bits per heavy atom. The largest absolute Gasteiger partial charge is 1.00 e. The second-order valence-electron chi connectivity index (χ2n) is 6.59. The van der Waals surface area contributed by atoms with Crippen LogP contribution in [0.4, 0.5) is 10.5 Å². The van der Waals surface area contributed by atoms with E-state index in [1.165, 1.54) is 18.5 Å². The standard InChI is InChI=1S/C16H23N3O4.Li/c1-16(2,3)23-15(22)18-11-5-8-19(9-6-11)13-10-17-7-4-12(13)14(20)21;/h4,7,10-11H,5-6,8-9H2,1-3H3,(H,18,22)(H,20,21);/q;+1/p-1. The molecule has 1 amide bonds. The number of hydrogen-bond donors (Lipinski definition) is 1. The van der Waals surface area contributed by atoms with Crippen LogP contribution in [0, 0.1) is 0 Å². The van der Waals surface area contributed by atoms with E-state index in [4.69, 9.17) is 4.74 Å². The van der Waals surface area contributed by atoms with Crippen molar-refractivity contribution >= 4 is 17.7 Å². The van der Waals surface area contributed by atoms with Gasteiger partial charge in [-0.1, -0.05) is 0 Å². The number of piperidine rings is 1. The summed E-state index contributed by atoms with van der Waals surface area (Å²) in [6, 6.07) is 1.46. The number of aromatic nitrogens is 1. The molecular weight excluding hydrogens is 305 g/mol. The number of carboxylic acids is 1. The number of carbonyl (C=O) groups excluding carboxylic acids is 2. The minimum absolute atomic E-state index is 0. The summed E-state index contributed by atoms with van der Waals surface area (Å²) in [4.78, 5) is 28.9. The second-order valence-corrected chi connectivity index (χ2v) is 6.59. The molecule has 0 saturated carbocycles. The van der Waals surface area contributed by atoms with Gasteiger partial charge < -0.3 is 24.9 Å². The van der Waals surface area contributed by atoms with Crippen molar-refractivity contribution in [1.29, 1.82) is 0 Å². The first-order chi connectivity index (χ1) is 10.8. The van der Waals surface area contributed by atoms with E-state index < -0.39 is 17.7 Å². The van der Waals surface area contributed by atoms with Crippen LogP contribution in [0.2, 0.25) is 0 Å². The molecule has 0 spiro atoms. The smallest absolute Gasteiger partial charge is 0.545 e. The summed E-state index contributed by atoms with van der Waals surface area (Å²) in [6.45, 7) is 6.72. The zero-order chi connectivity index (χ0) is 17.0. The van der Waals surface area contributed by atoms with Crippen LogP contribution in [-0.2, 0) is 4.74 Å². The average molecular weight is 327 g/mol. The van der Waals surface area contributed by atoms with Crippen LogP contribution >= 0.6 is 0 Å². The van der Waals surface area contributed by atoms with Crippen LogP contribution in [0.25, 0.3) is 0 Å². The fourth-order valence-corrected chi connectivity index (χ4v) is 2.55. The molecule has 7 nitrogen and oxygen atoms in total. The molecule has 0 aromatic carbocycles. The first kappa shape index (κ1) is 20.3. The number of carbonyl (C=O) groups is 2. The van der Waals surface area contributed by atoms with E-state index in [9.17, 15) is 14.7 Å². The summed E-state index contributed by atoms with van der Waals surface area (Å²) in [6.07, 6.45) is 3.96. The maximum atomic E-state index is 11.8. The third kappa shape index (κ3) is 5.73. The minimum atomic E-state index is -1.21. The van der Waals surface area contributed by atoms with Crippen LogP contribution in [0.1, 0.15) is 44.0 Å². The van der Waals surface area contributed by atoms with Crippen molar-refractivity contribution in [2.24, 2.45) is 0 Å². The molecule has 126 valence electrons. The normalized spacial score (nSPS) is 15.4. The Hall–Kier alpha value is -1.71.